The van der Waals surface area contributed by atoms with Crippen molar-refractivity contribution in [2.45, 2.75) is 40.2 Å². The summed E-state index contributed by atoms with van der Waals surface area (Å²) in [5, 5.41) is 3.36. The molecule has 1 aliphatic heterocycles. The van der Waals surface area contributed by atoms with Gasteiger partial charge in [-0.15, -0.1) is 24.0 Å². The van der Waals surface area contributed by atoms with Crippen LogP contribution in [0.5, 0.6) is 5.75 Å². The van der Waals surface area contributed by atoms with Crippen molar-refractivity contribution in [1.29, 1.82) is 0 Å². The second-order valence-corrected chi connectivity index (χ2v) is 6.49. The maximum absolute atomic E-state index is 11.7. The number of nitrogens with one attached hydrogen (secondary N) is 1. The Morgan fingerprint density at radius 1 is 1.30 bits per heavy atom. The summed E-state index contributed by atoms with van der Waals surface area (Å²) in [5.74, 6) is 1.74. The van der Waals surface area contributed by atoms with E-state index in [0.29, 0.717) is 13.2 Å². The molecule has 0 aromatic heterocycles. The van der Waals surface area contributed by atoms with Crippen molar-refractivity contribution < 1.29 is 14.3 Å². The van der Waals surface area contributed by atoms with Gasteiger partial charge in [-0.05, 0) is 50.8 Å². The Labute approximate surface area is 179 Å². The van der Waals surface area contributed by atoms with Gasteiger partial charge in [-0.25, -0.2) is 4.99 Å². The van der Waals surface area contributed by atoms with Gasteiger partial charge >= 0.3 is 5.97 Å². The molecule has 0 spiro atoms. The number of aliphatic imine (C=N–C) groups is 1. The van der Waals surface area contributed by atoms with Crippen LogP contribution in [-0.4, -0.2) is 50.2 Å². The number of ether oxygens (including phenoxy) is 2. The zero-order valence-electron chi connectivity index (χ0n) is 16.8. The molecule has 2 rings (SSSR count). The standard InChI is InChI=1S/C20H31N3O3.HI/c1-5-21-20(23-11-9-17(10-12-23)19(24)25-4)22-14-16-7-8-18(26-6-2)15(3)13-16;/h7-8,13,17H,5-6,9-12,14H2,1-4H3,(H,21,22);1H. The summed E-state index contributed by atoms with van der Waals surface area (Å²) in [4.78, 5) is 18.7. The van der Waals surface area contributed by atoms with E-state index in [0.717, 1.165) is 55.3 Å². The highest BCUT2D eigenvalue weighted by molar-refractivity contribution is 14.0. The minimum absolute atomic E-state index is 0. The molecule has 0 saturated carbocycles. The van der Waals surface area contributed by atoms with E-state index in [9.17, 15) is 4.79 Å². The molecule has 6 nitrogen and oxygen atoms in total. The third-order valence-corrected chi connectivity index (χ3v) is 4.61. The normalized spacial score (nSPS) is 15.1. The molecule has 1 saturated heterocycles. The van der Waals surface area contributed by atoms with Crippen molar-refractivity contribution in [2.75, 3.05) is 33.4 Å². The number of likely N-dealkylation sites (tertiary alicyclic amines) is 1. The molecule has 0 amide bonds. The van der Waals surface area contributed by atoms with Gasteiger partial charge in [0.25, 0.3) is 0 Å². The fourth-order valence-electron chi connectivity index (χ4n) is 3.21. The third kappa shape index (κ3) is 6.86. The zero-order chi connectivity index (χ0) is 18.9. The second-order valence-electron chi connectivity index (χ2n) is 6.49. The van der Waals surface area contributed by atoms with Crippen LogP contribution in [-0.2, 0) is 16.1 Å². The summed E-state index contributed by atoms with van der Waals surface area (Å²) in [5.41, 5.74) is 2.29. The van der Waals surface area contributed by atoms with Crippen LogP contribution in [0.3, 0.4) is 0 Å². The van der Waals surface area contributed by atoms with E-state index in [2.05, 4.69) is 36.2 Å². The van der Waals surface area contributed by atoms with Gasteiger partial charge in [0.15, 0.2) is 5.96 Å². The minimum atomic E-state index is -0.101. The molecule has 27 heavy (non-hydrogen) atoms. The number of methoxy groups -OCH3 is 1. The smallest absolute Gasteiger partial charge is 0.308 e. The highest BCUT2D eigenvalue weighted by Crippen LogP contribution is 2.21. The van der Waals surface area contributed by atoms with Crippen molar-refractivity contribution in [2.24, 2.45) is 10.9 Å². The SMILES string of the molecule is CCNC(=NCc1ccc(OCC)c(C)c1)N1CCC(C(=O)OC)CC1.I. The van der Waals surface area contributed by atoms with Crippen molar-refractivity contribution in [1.82, 2.24) is 10.2 Å². The number of aryl methyl sites for hydroxylation is 1. The van der Waals surface area contributed by atoms with Crippen molar-refractivity contribution in [3.8, 4) is 5.75 Å². The van der Waals surface area contributed by atoms with Gasteiger partial charge in [0.2, 0.25) is 0 Å². The number of hydrogen-bond donors (Lipinski definition) is 1. The van der Waals surface area contributed by atoms with Crippen LogP contribution in [0.15, 0.2) is 23.2 Å². The molecule has 1 aliphatic rings. The molecule has 1 aromatic carbocycles. The summed E-state index contributed by atoms with van der Waals surface area (Å²) in [6, 6.07) is 6.20. The van der Waals surface area contributed by atoms with E-state index >= 15 is 0 Å². The molecular weight excluding hydrogens is 457 g/mol. The summed E-state index contributed by atoms with van der Waals surface area (Å²) in [7, 11) is 1.46. The van der Waals surface area contributed by atoms with Crippen LogP contribution in [0.25, 0.3) is 0 Å². The lowest BCUT2D eigenvalue weighted by atomic mass is 9.97. The summed E-state index contributed by atoms with van der Waals surface area (Å²) < 4.78 is 10.5. The van der Waals surface area contributed by atoms with E-state index in [1.54, 1.807) is 0 Å². The molecule has 0 radical (unpaired) electrons. The number of hydrogen-bond acceptors (Lipinski definition) is 4. The molecule has 1 heterocycles. The number of carbonyl (C=O) groups excluding carboxylic acids is 1. The number of guanidine groups is 1. The monoisotopic (exact) mass is 489 g/mol. The Balaban J connectivity index is 0.00000364. The van der Waals surface area contributed by atoms with Crippen molar-refractivity contribution >= 4 is 35.9 Å². The number of rotatable bonds is 6. The fraction of sp³-hybridized carbons (Fsp3) is 0.600. The number of piperidine rings is 1. The Hall–Kier alpha value is -1.51. The molecule has 1 aromatic rings. The van der Waals surface area contributed by atoms with Crippen LogP contribution in [0.4, 0.5) is 0 Å². The first-order chi connectivity index (χ1) is 12.6. The Bertz CT molecular complexity index is 629. The predicted octanol–water partition coefficient (Wildman–Crippen LogP) is 3.36. The van der Waals surface area contributed by atoms with Gasteiger partial charge in [-0.1, -0.05) is 12.1 Å². The van der Waals surface area contributed by atoms with Crippen LogP contribution >= 0.6 is 24.0 Å². The number of benzene rings is 1. The summed E-state index contributed by atoms with van der Waals surface area (Å²) in [6.07, 6.45) is 1.61. The minimum Gasteiger partial charge on any atom is -0.494 e. The first-order valence-corrected chi connectivity index (χ1v) is 9.42. The Morgan fingerprint density at radius 2 is 2.00 bits per heavy atom. The molecule has 0 unspecified atom stereocenters. The van der Waals surface area contributed by atoms with E-state index in [4.69, 9.17) is 14.5 Å². The van der Waals surface area contributed by atoms with E-state index in [-0.39, 0.29) is 35.9 Å². The van der Waals surface area contributed by atoms with E-state index in [1.165, 1.54) is 7.11 Å². The molecular formula is C20H32IN3O3. The quantitative estimate of drug-likeness (QED) is 0.288. The molecule has 152 valence electrons. The number of halogens is 1. The van der Waals surface area contributed by atoms with Crippen LogP contribution in [0.2, 0.25) is 0 Å². The number of carbonyl (C=O) groups is 1. The van der Waals surface area contributed by atoms with Crippen molar-refractivity contribution in [3.05, 3.63) is 29.3 Å². The first kappa shape index (κ1) is 23.5. The molecule has 0 atom stereocenters. The van der Waals surface area contributed by atoms with Crippen LogP contribution < -0.4 is 10.1 Å². The second kappa shape index (κ2) is 12.0. The lowest BCUT2D eigenvalue weighted by molar-refractivity contribution is -0.146. The maximum Gasteiger partial charge on any atom is 0.308 e. The molecule has 1 fully saturated rings. The van der Waals surface area contributed by atoms with Gasteiger partial charge in [0, 0.05) is 19.6 Å². The average molecular weight is 489 g/mol. The molecule has 7 heteroatoms. The van der Waals surface area contributed by atoms with Gasteiger partial charge in [0.1, 0.15) is 5.75 Å². The average Bonchev–Trinajstić information content (AvgIpc) is 2.66. The molecule has 1 N–H and O–H groups in total. The van der Waals surface area contributed by atoms with E-state index in [1.807, 2.05) is 13.0 Å². The van der Waals surface area contributed by atoms with Crippen molar-refractivity contribution in [3.63, 3.8) is 0 Å². The summed E-state index contributed by atoms with van der Waals surface area (Å²) >= 11 is 0. The van der Waals surface area contributed by atoms with Crippen LogP contribution in [0.1, 0.15) is 37.8 Å². The maximum atomic E-state index is 11.7. The predicted molar refractivity (Wildman–Crippen MR) is 119 cm³/mol. The Kier molecular flexibility index (Phi) is 10.5. The highest BCUT2D eigenvalue weighted by Gasteiger charge is 2.26. The third-order valence-electron chi connectivity index (χ3n) is 4.61. The zero-order valence-corrected chi connectivity index (χ0v) is 19.1. The van der Waals surface area contributed by atoms with Gasteiger partial charge in [-0.2, -0.15) is 0 Å². The lowest BCUT2D eigenvalue weighted by Gasteiger charge is -2.33. The first-order valence-electron chi connectivity index (χ1n) is 9.42. The number of esters is 1. The van der Waals surface area contributed by atoms with Gasteiger partial charge < -0.3 is 19.7 Å². The lowest BCUT2D eigenvalue weighted by Crippen LogP contribution is -2.46. The van der Waals surface area contributed by atoms with Gasteiger partial charge in [0.05, 0.1) is 26.2 Å². The largest absolute Gasteiger partial charge is 0.494 e. The highest BCUT2D eigenvalue weighted by atomic mass is 127. The fourth-order valence-corrected chi connectivity index (χ4v) is 3.21. The topological polar surface area (TPSA) is 63.2 Å². The Morgan fingerprint density at radius 3 is 2.56 bits per heavy atom. The van der Waals surface area contributed by atoms with E-state index < -0.39 is 0 Å². The summed E-state index contributed by atoms with van der Waals surface area (Å²) in [6.45, 7) is 9.85. The number of nitrogens with zero attached hydrogens (tertiary/aromatic N) is 2. The molecule has 0 bridgehead atoms. The van der Waals surface area contributed by atoms with Gasteiger partial charge in [-0.3, -0.25) is 4.79 Å². The van der Waals surface area contributed by atoms with Crippen LogP contribution in [0, 0.1) is 12.8 Å². The molecule has 0 aliphatic carbocycles.